The molecule has 0 saturated heterocycles. The number of anilines is 1. The normalized spacial score (nSPS) is 21.2. The summed E-state index contributed by atoms with van der Waals surface area (Å²) in [7, 11) is 0. The number of H-pyrrole nitrogens is 1. The molecular formula is C22H22N4O3. The van der Waals surface area contributed by atoms with Gasteiger partial charge in [-0.3, -0.25) is 9.59 Å². The van der Waals surface area contributed by atoms with Gasteiger partial charge in [-0.1, -0.05) is 18.6 Å². The minimum atomic E-state index is -0.212. The molecule has 3 aromatic rings. The molecule has 5 rings (SSSR count). The van der Waals surface area contributed by atoms with Crippen LogP contribution in [0.5, 0.6) is 5.75 Å². The first-order valence-corrected chi connectivity index (χ1v) is 9.98. The van der Waals surface area contributed by atoms with Gasteiger partial charge in [0.15, 0.2) is 6.61 Å². The Morgan fingerprint density at radius 1 is 1.17 bits per heavy atom. The third-order valence-corrected chi connectivity index (χ3v) is 5.68. The van der Waals surface area contributed by atoms with Gasteiger partial charge in [-0.05, 0) is 49.6 Å². The molecule has 148 valence electrons. The number of aromatic amines is 1. The average molecular weight is 390 g/mol. The third-order valence-electron chi connectivity index (χ3n) is 5.68. The Balaban J connectivity index is 1.28. The van der Waals surface area contributed by atoms with Crippen molar-refractivity contribution in [3.05, 3.63) is 53.9 Å². The van der Waals surface area contributed by atoms with Crippen LogP contribution in [0.1, 0.15) is 47.8 Å². The van der Waals surface area contributed by atoms with Gasteiger partial charge in [0.05, 0.1) is 16.7 Å². The van der Waals surface area contributed by atoms with Crippen molar-refractivity contribution in [2.24, 2.45) is 0 Å². The van der Waals surface area contributed by atoms with Crippen molar-refractivity contribution in [3.63, 3.8) is 0 Å². The fraction of sp³-hybridized carbons (Fsp3) is 0.318. The number of ether oxygens (including phenoxy) is 1. The molecule has 1 saturated carbocycles. The Hall–Kier alpha value is -3.35. The monoisotopic (exact) mass is 390 g/mol. The molecule has 1 aromatic heterocycles. The molecule has 7 nitrogen and oxygen atoms in total. The first-order chi connectivity index (χ1) is 14.2. The molecule has 0 unspecified atom stereocenters. The lowest BCUT2D eigenvalue weighted by atomic mass is 9.85. The minimum absolute atomic E-state index is 0.00377. The van der Waals surface area contributed by atoms with Gasteiger partial charge < -0.3 is 20.4 Å². The summed E-state index contributed by atoms with van der Waals surface area (Å²) in [5, 5.41) is 5.90. The highest BCUT2D eigenvalue weighted by Gasteiger charge is 2.27. The third kappa shape index (κ3) is 3.55. The number of carbonyl (C=O) groups is 2. The van der Waals surface area contributed by atoms with Gasteiger partial charge in [0, 0.05) is 17.5 Å². The molecule has 2 aliphatic rings. The quantitative estimate of drug-likeness (QED) is 0.639. The number of nitrogens with one attached hydrogen (secondary N) is 3. The summed E-state index contributed by atoms with van der Waals surface area (Å²) in [6, 6.07) is 13.2. The Morgan fingerprint density at radius 2 is 2.07 bits per heavy atom. The number of carbonyl (C=O) groups excluding carboxylic acids is 2. The first kappa shape index (κ1) is 17.7. The predicted octanol–water partition coefficient (Wildman–Crippen LogP) is 3.35. The Labute approximate surface area is 167 Å². The zero-order valence-corrected chi connectivity index (χ0v) is 15.9. The molecule has 0 bridgehead atoms. The highest BCUT2D eigenvalue weighted by Crippen LogP contribution is 2.33. The van der Waals surface area contributed by atoms with Gasteiger partial charge in [0.2, 0.25) is 0 Å². The molecule has 29 heavy (non-hydrogen) atoms. The molecule has 2 aromatic carbocycles. The van der Waals surface area contributed by atoms with E-state index in [4.69, 9.17) is 9.72 Å². The summed E-state index contributed by atoms with van der Waals surface area (Å²) in [6.07, 6.45) is 3.92. The van der Waals surface area contributed by atoms with E-state index in [-0.39, 0.29) is 24.5 Å². The van der Waals surface area contributed by atoms with Crippen molar-refractivity contribution >= 4 is 28.5 Å². The van der Waals surface area contributed by atoms with E-state index < -0.39 is 0 Å². The summed E-state index contributed by atoms with van der Waals surface area (Å²) in [4.78, 5) is 32.5. The number of rotatable bonds is 3. The van der Waals surface area contributed by atoms with Crippen molar-refractivity contribution in [1.82, 2.24) is 15.3 Å². The van der Waals surface area contributed by atoms with Gasteiger partial charge in [-0.15, -0.1) is 0 Å². The van der Waals surface area contributed by atoms with E-state index in [0.717, 1.165) is 42.5 Å². The van der Waals surface area contributed by atoms with Gasteiger partial charge in [-0.25, -0.2) is 4.98 Å². The van der Waals surface area contributed by atoms with Crippen molar-refractivity contribution < 1.29 is 14.3 Å². The van der Waals surface area contributed by atoms with Crippen LogP contribution in [0.4, 0.5) is 5.69 Å². The number of aromatic nitrogens is 2. The molecule has 2 heterocycles. The summed E-state index contributed by atoms with van der Waals surface area (Å²) >= 11 is 0. The van der Waals surface area contributed by atoms with E-state index in [1.807, 2.05) is 24.3 Å². The van der Waals surface area contributed by atoms with Crippen molar-refractivity contribution in [2.75, 3.05) is 11.9 Å². The van der Waals surface area contributed by atoms with Crippen LogP contribution >= 0.6 is 0 Å². The minimum Gasteiger partial charge on any atom is -0.482 e. The van der Waals surface area contributed by atoms with Crippen molar-refractivity contribution in [3.8, 4) is 5.75 Å². The van der Waals surface area contributed by atoms with Crippen LogP contribution < -0.4 is 15.4 Å². The largest absolute Gasteiger partial charge is 0.482 e. The number of imidazole rings is 1. The van der Waals surface area contributed by atoms with Gasteiger partial charge in [-0.2, -0.15) is 0 Å². The van der Waals surface area contributed by atoms with Crippen LogP contribution in [0.15, 0.2) is 42.5 Å². The fourth-order valence-electron chi connectivity index (χ4n) is 4.23. The lowest BCUT2D eigenvalue weighted by molar-refractivity contribution is -0.118. The van der Waals surface area contributed by atoms with Crippen LogP contribution in [0.2, 0.25) is 0 Å². The van der Waals surface area contributed by atoms with Crippen LogP contribution in [-0.2, 0) is 4.79 Å². The second-order valence-corrected chi connectivity index (χ2v) is 7.72. The molecular weight excluding hydrogens is 368 g/mol. The number of nitrogens with zero attached hydrogens (tertiary/aromatic N) is 1. The average Bonchev–Trinajstić information content (AvgIpc) is 3.18. The molecule has 0 spiro atoms. The molecule has 2 atom stereocenters. The predicted molar refractivity (Wildman–Crippen MR) is 109 cm³/mol. The van der Waals surface area contributed by atoms with E-state index >= 15 is 0 Å². The molecule has 1 fully saturated rings. The standard InChI is InChI=1S/C22H22N4O3/c27-20-12-29-19-9-8-14(11-18(19)24-20)22(28)23-15-5-3-4-13(10-15)21-25-16-6-1-2-7-17(16)26-21/h1-2,6-9,11,13,15H,3-5,10,12H2,(H,23,28)(H,24,27)(H,25,26)/t13-,15-/m0/s1. The van der Waals surface area contributed by atoms with Gasteiger partial charge in [0.25, 0.3) is 11.8 Å². The summed E-state index contributed by atoms with van der Waals surface area (Å²) in [5.41, 5.74) is 3.08. The highest BCUT2D eigenvalue weighted by atomic mass is 16.5. The molecule has 7 heteroatoms. The maximum atomic E-state index is 12.8. The molecule has 3 N–H and O–H groups in total. The van der Waals surface area contributed by atoms with E-state index in [0.29, 0.717) is 22.9 Å². The van der Waals surface area contributed by atoms with Crippen LogP contribution in [-0.4, -0.2) is 34.4 Å². The summed E-state index contributed by atoms with van der Waals surface area (Å²) in [6.45, 7) is 0.00377. The van der Waals surface area contributed by atoms with E-state index in [1.165, 1.54) is 0 Å². The Bertz CT molecular complexity index is 1060. The van der Waals surface area contributed by atoms with E-state index in [2.05, 4.69) is 15.6 Å². The second kappa shape index (κ2) is 7.24. The molecule has 2 amide bonds. The Kier molecular flexibility index (Phi) is 4.42. The maximum Gasteiger partial charge on any atom is 0.262 e. The zero-order valence-electron chi connectivity index (χ0n) is 15.9. The second-order valence-electron chi connectivity index (χ2n) is 7.72. The van der Waals surface area contributed by atoms with Crippen LogP contribution in [0.3, 0.4) is 0 Å². The van der Waals surface area contributed by atoms with Crippen LogP contribution in [0.25, 0.3) is 11.0 Å². The summed E-state index contributed by atoms with van der Waals surface area (Å²) in [5.74, 6) is 1.54. The molecule has 1 aliphatic carbocycles. The number of hydrogen-bond acceptors (Lipinski definition) is 4. The first-order valence-electron chi connectivity index (χ1n) is 9.98. The summed E-state index contributed by atoms with van der Waals surface area (Å²) < 4.78 is 5.35. The molecule has 1 aliphatic heterocycles. The van der Waals surface area contributed by atoms with E-state index in [9.17, 15) is 9.59 Å². The number of fused-ring (bicyclic) bond motifs is 2. The van der Waals surface area contributed by atoms with E-state index in [1.54, 1.807) is 18.2 Å². The highest BCUT2D eigenvalue weighted by molar-refractivity contribution is 5.99. The van der Waals surface area contributed by atoms with Crippen molar-refractivity contribution in [2.45, 2.75) is 37.6 Å². The van der Waals surface area contributed by atoms with Gasteiger partial charge in [0.1, 0.15) is 11.6 Å². The number of para-hydroxylation sites is 2. The molecule has 0 radical (unpaired) electrons. The number of amides is 2. The maximum absolute atomic E-state index is 12.8. The lowest BCUT2D eigenvalue weighted by Gasteiger charge is -2.29. The number of hydrogen-bond donors (Lipinski definition) is 3. The Morgan fingerprint density at radius 3 is 2.97 bits per heavy atom. The van der Waals surface area contributed by atoms with Crippen molar-refractivity contribution in [1.29, 1.82) is 0 Å². The van der Waals surface area contributed by atoms with Gasteiger partial charge >= 0.3 is 0 Å². The van der Waals surface area contributed by atoms with Crippen LogP contribution in [0, 0.1) is 0 Å². The number of benzene rings is 2. The lowest BCUT2D eigenvalue weighted by Crippen LogP contribution is -2.38. The zero-order chi connectivity index (χ0) is 19.8. The fourth-order valence-corrected chi connectivity index (χ4v) is 4.23. The SMILES string of the molecule is O=C1COc2ccc(C(=O)N[C@H]3CCC[C@H](c4nc5ccccc5[nH]4)C3)cc2N1. The topological polar surface area (TPSA) is 96.1 Å². The smallest absolute Gasteiger partial charge is 0.262 e.